The van der Waals surface area contributed by atoms with Crippen molar-refractivity contribution in [1.82, 2.24) is 21.1 Å². The van der Waals surface area contributed by atoms with Crippen LogP contribution in [0.4, 0.5) is 13.2 Å². The minimum Gasteiger partial charge on any atom is -0.319 e. The highest BCUT2D eigenvalue weighted by Crippen LogP contribution is 2.32. The van der Waals surface area contributed by atoms with Crippen molar-refractivity contribution < 1.29 is 13.2 Å². The lowest BCUT2D eigenvalue weighted by molar-refractivity contribution is -0.137. The molecule has 0 amide bonds. The molecule has 24 heavy (non-hydrogen) atoms. The zero-order valence-corrected chi connectivity index (χ0v) is 13.9. The predicted molar refractivity (Wildman–Crippen MR) is 87.3 cm³/mol. The Labute approximate surface area is 140 Å². The van der Waals surface area contributed by atoms with Gasteiger partial charge in [0.1, 0.15) is 0 Å². The highest BCUT2D eigenvalue weighted by atomic mass is 19.4. The Bertz CT molecular complexity index is 532. The number of nitrogens with zero attached hydrogens (tertiary/aromatic N) is 1. The van der Waals surface area contributed by atoms with Crippen LogP contribution in [-0.2, 0) is 6.18 Å². The fourth-order valence-corrected chi connectivity index (χ4v) is 3.81. The van der Waals surface area contributed by atoms with Crippen LogP contribution in [-0.4, -0.2) is 44.7 Å². The average Bonchev–Trinajstić information content (AvgIpc) is 3.17. The molecular formula is C17H25F3N4. The Morgan fingerprint density at radius 2 is 2.00 bits per heavy atom. The van der Waals surface area contributed by atoms with Crippen molar-refractivity contribution in [3.05, 3.63) is 35.4 Å². The predicted octanol–water partition coefficient (Wildman–Crippen LogP) is 2.01. The summed E-state index contributed by atoms with van der Waals surface area (Å²) in [5.74, 6) is 1.05. The highest BCUT2D eigenvalue weighted by Gasteiger charge is 2.34. The number of hydrazine groups is 1. The van der Waals surface area contributed by atoms with Crippen LogP contribution in [0.2, 0.25) is 0 Å². The molecule has 0 aliphatic carbocycles. The average molecular weight is 342 g/mol. The van der Waals surface area contributed by atoms with Gasteiger partial charge in [0, 0.05) is 25.6 Å². The third-order valence-corrected chi connectivity index (χ3v) is 5.05. The number of hydrogen-bond acceptors (Lipinski definition) is 4. The van der Waals surface area contributed by atoms with E-state index in [1.807, 2.05) is 7.05 Å². The lowest BCUT2D eigenvalue weighted by Gasteiger charge is -2.25. The van der Waals surface area contributed by atoms with Crippen LogP contribution in [0.5, 0.6) is 0 Å². The highest BCUT2D eigenvalue weighted by molar-refractivity contribution is 5.27. The molecule has 0 saturated carbocycles. The van der Waals surface area contributed by atoms with Gasteiger partial charge in [-0.05, 0) is 50.2 Å². The van der Waals surface area contributed by atoms with Crippen LogP contribution in [0.3, 0.4) is 0 Å². The topological polar surface area (TPSA) is 39.3 Å². The molecule has 134 valence electrons. The Morgan fingerprint density at radius 3 is 2.67 bits per heavy atom. The first-order chi connectivity index (χ1) is 11.5. The van der Waals surface area contributed by atoms with Gasteiger partial charge in [-0.1, -0.05) is 12.1 Å². The van der Waals surface area contributed by atoms with Gasteiger partial charge in [0.15, 0.2) is 0 Å². The number of rotatable bonds is 5. The first-order valence-electron chi connectivity index (χ1n) is 8.50. The molecule has 0 aromatic heterocycles. The number of halogens is 3. The van der Waals surface area contributed by atoms with E-state index in [1.165, 1.54) is 18.6 Å². The van der Waals surface area contributed by atoms with E-state index >= 15 is 0 Å². The molecule has 2 heterocycles. The standard InChI is InChI=1S/C17H25F3N4/c1-21-8-12-6-7-24(10-12)11-14-9-22-23-16(14)13-2-4-15(5-3-13)17(18,19)20/h2-5,12,14,16,21-23H,6-11H2,1H3. The van der Waals surface area contributed by atoms with E-state index in [4.69, 9.17) is 0 Å². The van der Waals surface area contributed by atoms with Crippen LogP contribution >= 0.6 is 0 Å². The summed E-state index contributed by atoms with van der Waals surface area (Å²) >= 11 is 0. The van der Waals surface area contributed by atoms with E-state index in [0.29, 0.717) is 11.8 Å². The fraction of sp³-hybridized carbons (Fsp3) is 0.647. The number of likely N-dealkylation sites (tertiary alicyclic amines) is 1. The quantitative estimate of drug-likeness (QED) is 0.766. The molecule has 3 atom stereocenters. The molecule has 4 nitrogen and oxygen atoms in total. The number of hydrogen-bond donors (Lipinski definition) is 3. The van der Waals surface area contributed by atoms with Crippen molar-refractivity contribution in [1.29, 1.82) is 0 Å². The Hall–Kier alpha value is -1.15. The maximum absolute atomic E-state index is 12.7. The summed E-state index contributed by atoms with van der Waals surface area (Å²) in [6.07, 6.45) is -3.07. The van der Waals surface area contributed by atoms with Gasteiger partial charge in [-0.15, -0.1) is 0 Å². The van der Waals surface area contributed by atoms with Gasteiger partial charge in [0.2, 0.25) is 0 Å². The molecule has 0 bridgehead atoms. The van der Waals surface area contributed by atoms with E-state index in [0.717, 1.165) is 38.3 Å². The lowest BCUT2D eigenvalue weighted by atomic mass is 9.93. The van der Waals surface area contributed by atoms with E-state index < -0.39 is 11.7 Å². The second-order valence-electron chi connectivity index (χ2n) is 6.85. The van der Waals surface area contributed by atoms with Crippen molar-refractivity contribution in [2.75, 3.05) is 39.8 Å². The van der Waals surface area contributed by atoms with Crippen molar-refractivity contribution >= 4 is 0 Å². The van der Waals surface area contributed by atoms with Gasteiger partial charge in [-0.3, -0.25) is 5.43 Å². The summed E-state index contributed by atoms with van der Waals surface area (Å²) in [7, 11) is 1.98. The van der Waals surface area contributed by atoms with Gasteiger partial charge < -0.3 is 10.2 Å². The normalized spacial score (nSPS) is 28.6. The van der Waals surface area contributed by atoms with E-state index in [-0.39, 0.29) is 6.04 Å². The molecule has 0 spiro atoms. The number of benzene rings is 1. The molecule has 2 aliphatic rings. The van der Waals surface area contributed by atoms with Crippen LogP contribution in [0, 0.1) is 11.8 Å². The summed E-state index contributed by atoms with van der Waals surface area (Å²) in [6.45, 7) is 5.03. The van der Waals surface area contributed by atoms with Crippen molar-refractivity contribution in [3.63, 3.8) is 0 Å². The zero-order valence-electron chi connectivity index (χ0n) is 13.9. The SMILES string of the molecule is CNCC1CCN(CC2CNNC2c2ccc(C(F)(F)F)cc2)C1. The maximum Gasteiger partial charge on any atom is 0.416 e. The van der Waals surface area contributed by atoms with Crippen molar-refractivity contribution in [2.45, 2.75) is 18.6 Å². The van der Waals surface area contributed by atoms with E-state index in [2.05, 4.69) is 21.1 Å². The van der Waals surface area contributed by atoms with Crippen LogP contribution < -0.4 is 16.2 Å². The lowest BCUT2D eigenvalue weighted by Crippen LogP contribution is -2.32. The molecule has 2 saturated heterocycles. The largest absolute Gasteiger partial charge is 0.416 e. The zero-order chi connectivity index (χ0) is 17.2. The van der Waals surface area contributed by atoms with Crippen LogP contribution in [0.1, 0.15) is 23.6 Å². The summed E-state index contributed by atoms with van der Waals surface area (Å²) < 4.78 is 38.1. The van der Waals surface area contributed by atoms with Gasteiger partial charge in [-0.25, -0.2) is 5.43 Å². The Balaban J connectivity index is 1.61. The molecule has 7 heteroatoms. The third-order valence-electron chi connectivity index (χ3n) is 5.05. The first-order valence-corrected chi connectivity index (χ1v) is 8.50. The number of nitrogens with one attached hydrogen (secondary N) is 3. The third kappa shape index (κ3) is 4.08. The fourth-order valence-electron chi connectivity index (χ4n) is 3.81. The van der Waals surface area contributed by atoms with Crippen LogP contribution in [0.15, 0.2) is 24.3 Å². The molecular weight excluding hydrogens is 317 g/mol. The van der Waals surface area contributed by atoms with Gasteiger partial charge in [-0.2, -0.15) is 13.2 Å². The molecule has 3 N–H and O–H groups in total. The minimum absolute atomic E-state index is 0.0515. The van der Waals surface area contributed by atoms with Crippen molar-refractivity contribution in [2.24, 2.45) is 11.8 Å². The summed E-state index contributed by atoms with van der Waals surface area (Å²) in [5.41, 5.74) is 6.70. The number of alkyl halides is 3. The molecule has 2 aliphatic heterocycles. The molecule has 3 rings (SSSR count). The smallest absolute Gasteiger partial charge is 0.319 e. The van der Waals surface area contributed by atoms with E-state index in [1.54, 1.807) is 12.1 Å². The van der Waals surface area contributed by atoms with Gasteiger partial charge in [0.25, 0.3) is 0 Å². The molecule has 1 aromatic rings. The molecule has 2 fully saturated rings. The monoisotopic (exact) mass is 342 g/mol. The second kappa shape index (κ2) is 7.39. The van der Waals surface area contributed by atoms with Crippen LogP contribution in [0.25, 0.3) is 0 Å². The Kier molecular flexibility index (Phi) is 5.44. The summed E-state index contributed by atoms with van der Waals surface area (Å²) in [4.78, 5) is 2.47. The first kappa shape index (κ1) is 17.7. The minimum atomic E-state index is -4.28. The molecule has 0 radical (unpaired) electrons. The molecule has 3 unspecified atom stereocenters. The summed E-state index contributed by atoms with van der Waals surface area (Å²) in [6, 6.07) is 5.58. The Morgan fingerprint density at radius 1 is 1.25 bits per heavy atom. The van der Waals surface area contributed by atoms with Gasteiger partial charge >= 0.3 is 6.18 Å². The second-order valence-corrected chi connectivity index (χ2v) is 6.85. The van der Waals surface area contributed by atoms with Gasteiger partial charge in [0.05, 0.1) is 11.6 Å². The molecule has 1 aromatic carbocycles. The maximum atomic E-state index is 12.7. The summed E-state index contributed by atoms with van der Waals surface area (Å²) in [5, 5.41) is 3.23. The van der Waals surface area contributed by atoms with E-state index in [9.17, 15) is 13.2 Å². The van der Waals surface area contributed by atoms with Crippen molar-refractivity contribution in [3.8, 4) is 0 Å².